The highest BCUT2D eigenvalue weighted by Gasteiger charge is 2.39. The Morgan fingerprint density at radius 1 is 1.36 bits per heavy atom. The van der Waals surface area contributed by atoms with Crippen LogP contribution >= 0.6 is 0 Å². The SMILES string of the molecule is COCc1noc(CNC(=O)[C@@H]2C(C)=C2c2ccccc2)n1. The molecule has 0 saturated carbocycles. The van der Waals surface area contributed by atoms with E-state index in [-0.39, 0.29) is 18.4 Å². The Hall–Kier alpha value is -2.47. The molecule has 3 rings (SSSR count). The monoisotopic (exact) mass is 299 g/mol. The minimum absolute atomic E-state index is 0.0390. The quantitative estimate of drug-likeness (QED) is 0.882. The van der Waals surface area contributed by atoms with Crippen LogP contribution in [0.5, 0.6) is 0 Å². The molecule has 0 radical (unpaired) electrons. The third-order valence-corrected chi connectivity index (χ3v) is 3.61. The number of nitrogens with one attached hydrogen (secondary N) is 1. The van der Waals surface area contributed by atoms with E-state index < -0.39 is 0 Å². The highest BCUT2D eigenvalue weighted by atomic mass is 16.5. The Morgan fingerprint density at radius 2 is 2.14 bits per heavy atom. The van der Waals surface area contributed by atoms with E-state index in [0.29, 0.717) is 18.3 Å². The van der Waals surface area contributed by atoms with E-state index >= 15 is 0 Å². The summed E-state index contributed by atoms with van der Waals surface area (Å²) in [6, 6.07) is 9.93. The van der Waals surface area contributed by atoms with E-state index in [4.69, 9.17) is 9.26 Å². The van der Waals surface area contributed by atoms with Crippen molar-refractivity contribution >= 4 is 11.5 Å². The first kappa shape index (κ1) is 14.5. The van der Waals surface area contributed by atoms with E-state index in [2.05, 4.69) is 15.5 Å². The van der Waals surface area contributed by atoms with Crippen LogP contribution < -0.4 is 5.32 Å². The third-order valence-electron chi connectivity index (χ3n) is 3.61. The number of amides is 1. The van der Waals surface area contributed by atoms with Gasteiger partial charge in [-0.05, 0) is 18.1 Å². The van der Waals surface area contributed by atoms with Crippen molar-refractivity contribution in [2.24, 2.45) is 5.92 Å². The summed E-state index contributed by atoms with van der Waals surface area (Å²) in [4.78, 5) is 16.4. The number of rotatable bonds is 6. The number of benzene rings is 1. The molecule has 0 bridgehead atoms. The normalized spacial score (nSPS) is 16.7. The zero-order valence-corrected chi connectivity index (χ0v) is 12.5. The molecule has 0 unspecified atom stereocenters. The van der Waals surface area contributed by atoms with Gasteiger partial charge in [-0.3, -0.25) is 4.79 Å². The van der Waals surface area contributed by atoms with Crippen LogP contribution in [0.2, 0.25) is 0 Å². The number of nitrogens with zero attached hydrogens (tertiary/aromatic N) is 2. The lowest BCUT2D eigenvalue weighted by Gasteiger charge is -2.03. The van der Waals surface area contributed by atoms with Gasteiger partial charge < -0.3 is 14.6 Å². The molecular formula is C16H17N3O3. The molecule has 6 heteroatoms. The molecule has 1 atom stereocenters. The molecule has 0 aliphatic heterocycles. The number of hydrogen-bond acceptors (Lipinski definition) is 5. The lowest BCUT2D eigenvalue weighted by Crippen LogP contribution is -2.26. The molecule has 1 heterocycles. The van der Waals surface area contributed by atoms with Gasteiger partial charge in [0.05, 0.1) is 12.5 Å². The Balaban J connectivity index is 1.55. The van der Waals surface area contributed by atoms with Crippen LogP contribution in [0.3, 0.4) is 0 Å². The molecule has 1 N–H and O–H groups in total. The summed E-state index contributed by atoms with van der Waals surface area (Å²) in [5.74, 6) is 0.657. The van der Waals surface area contributed by atoms with E-state index in [9.17, 15) is 4.79 Å². The first-order valence-corrected chi connectivity index (χ1v) is 7.05. The summed E-state index contributed by atoms with van der Waals surface area (Å²) in [5, 5.41) is 6.58. The number of hydrogen-bond donors (Lipinski definition) is 1. The second-order valence-corrected chi connectivity index (χ2v) is 5.15. The molecule has 0 saturated heterocycles. The van der Waals surface area contributed by atoms with Crippen LogP contribution in [-0.4, -0.2) is 23.2 Å². The molecule has 1 aliphatic rings. The fourth-order valence-corrected chi connectivity index (χ4v) is 2.48. The topological polar surface area (TPSA) is 77.3 Å². The van der Waals surface area contributed by atoms with Crippen LogP contribution in [0.25, 0.3) is 5.57 Å². The van der Waals surface area contributed by atoms with Gasteiger partial charge in [0.1, 0.15) is 6.61 Å². The zero-order valence-electron chi connectivity index (χ0n) is 12.5. The summed E-state index contributed by atoms with van der Waals surface area (Å²) < 4.78 is 9.95. The van der Waals surface area contributed by atoms with E-state index in [1.807, 2.05) is 37.3 Å². The maximum atomic E-state index is 12.2. The number of carbonyl (C=O) groups excluding carboxylic acids is 1. The highest BCUT2D eigenvalue weighted by Crippen LogP contribution is 2.46. The fraction of sp³-hybridized carbons (Fsp3) is 0.312. The van der Waals surface area contributed by atoms with Gasteiger partial charge in [0.15, 0.2) is 5.82 Å². The third kappa shape index (κ3) is 2.92. The molecule has 114 valence electrons. The van der Waals surface area contributed by atoms with E-state index in [1.165, 1.54) is 0 Å². The molecule has 1 aliphatic carbocycles. The van der Waals surface area contributed by atoms with Crippen LogP contribution in [0.4, 0.5) is 0 Å². The molecular weight excluding hydrogens is 282 g/mol. The number of carbonyl (C=O) groups is 1. The van der Waals surface area contributed by atoms with Crippen molar-refractivity contribution in [2.75, 3.05) is 7.11 Å². The molecule has 6 nitrogen and oxygen atoms in total. The highest BCUT2D eigenvalue weighted by molar-refractivity contribution is 6.05. The maximum Gasteiger partial charge on any atom is 0.246 e. The largest absolute Gasteiger partial charge is 0.377 e. The Bertz CT molecular complexity index is 706. The summed E-state index contributed by atoms with van der Waals surface area (Å²) in [5.41, 5.74) is 3.30. The van der Waals surface area contributed by atoms with E-state index in [1.54, 1.807) is 7.11 Å². The zero-order chi connectivity index (χ0) is 15.5. The van der Waals surface area contributed by atoms with Gasteiger partial charge in [-0.2, -0.15) is 4.98 Å². The predicted octanol–water partition coefficient (Wildman–Crippen LogP) is 1.94. The number of aromatic nitrogens is 2. The summed E-state index contributed by atoms with van der Waals surface area (Å²) in [6.07, 6.45) is 0. The molecule has 22 heavy (non-hydrogen) atoms. The van der Waals surface area contributed by atoms with Gasteiger partial charge in [-0.1, -0.05) is 41.1 Å². The van der Waals surface area contributed by atoms with Gasteiger partial charge in [0.2, 0.25) is 11.8 Å². The van der Waals surface area contributed by atoms with Crippen molar-refractivity contribution < 1.29 is 14.1 Å². The molecule has 0 fully saturated rings. The smallest absolute Gasteiger partial charge is 0.246 e. The van der Waals surface area contributed by atoms with Gasteiger partial charge in [0.25, 0.3) is 0 Å². The predicted molar refractivity (Wildman–Crippen MR) is 79.4 cm³/mol. The van der Waals surface area contributed by atoms with Crippen LogP contribution in [-0.2, 0) is 22.7 Å². The lowest BCUT2D eigenvalue weighted by atomic mass is 10.1. The number of methoxy groups -OCH3 is 1. The fourth-order valence-electron chi connectivity index (χ4n) is 2.48. The summed E-state index contributed by atoms with van der Waals surface area (Å²) in [6.45, 7) is 2.50. The van der Waals surface area contributed by atoms with Crippen molar-refractivity contribution in [1.82, 2.24) is 15.5 Å². The van der Waals surface area contributed by atoms with Crippen LogP contribution in [0, 0.1) is 5.92 Å². The average Bonchev–Trinajstić information content (AvgIpc) is 3.00. The molecule has 1 amide bonds. The van der Waals surface area contributed by atoms with Crippen molar-refractivity contribution in [2.45, 2.75) is 20.1 Å². The van der Waals surface area contributed by atoms with Gasteiger partial charge in [-0.15, -0.1) is 0 Å². The molecule has 2 aromatic rings. The standard InChI is InChI=1S/C16H17N3O3/c1-10-14(11-6-4-3-5-7-11)15(10)16(20)17-8-13-18-12(9-21-2)19-22-13/h3-7,15H,8-9H2,1-2H3,(H,17,20)/t15-/m1/s1. The summed E-state index contributed by atoms with van der Waals surface area (Å²) in [7, 11) is 1.56. The number of ether oxygens (including phenoxy) is 1. The minimum atomic E-state index is -0.149. The van der Waals surface area contributed by atoms with Crippen molar-refractivity contribution in [1.29, 1.82) is 0 Å². The summed E-state index contributed by atoms with van der Waals surface area (Å²) >= 11 is 0. The molecule has 1 aromatic heterocycles. The Morgan fingerprint density at radius 3 is 2.86 bits per heavy atom. The Labute approximate surface area is 128 Å². The lowest BCUT2D eigenvalue weighted by molar-refractivity contribution is -0.121. The van der Waals surface area contributed by atoms with Crippen molar-refractivity contribution in [3.05, 3.63) is 53.2 Å². The van der Waals surface area contributed by atoms with Crippen LogP contribution in [0.1, 0.15) is 24.2 Å². The van der Waals surface area contributed by atoms with Crippen molar-refractivity contribution in [3.63, 3.8) is 0 Å². The van der Waals surface area contributed by atoms with Gasteiger partial charge >= 0.3 is 0 Å². The molecule has 0 spiro atoms. The first-order chi connectivity index (χ1) is 10.7. The first-order valence-electron chi connectivity index (χ1n) is 7.05. The second-order valence-electron chi connectivity index (χ2n) is 5.15. The van der Waals surface area contributed by atoms with Crippen molar-refractivity contribution in [3.8, 4) is 0 Å². The average molecular weight is 299 g/mol. The van der Waals surface area contributed by atoms with Crippen LogP contribution in [0.15, 0.2) is 40.4 Å². The van der Waals surface area contributed by atoms with E-state index in [0.717, 1.165) is 16.7 Å². The maximum absolute atomic E-state index is 12.2. The second kappa shape index (κ2) is 6.11. The molecule has 1 aromatic carbocycles. The minimum Gasteiger partial charge on any atom is -0.377 e. The van der Waals surface area contributed by atoms with Gasteiger partial charge in [-0.25, -0.2) is 0 Å². The Kier molecular flexibility index (Phi) is 4.02. The van der Waals surface area contributed by atoms with Gasteiger partial charge in [0, 0.05) is 7.11 Å².